The SMILES string of the molecule is Cc1c(Cc2cccc(F)c2)c(Cl)c2c(nc3ccccn32)c1C#N. The lowest BCUT2D eigenvalue weighted by molar-refractivity contribution is 0.626. The summed E-state index contributed by atoms with van der Waals surface area (Å²) in [6.45, 7) is 1.86. The monoisotopic (exact) mass is 349 g/mol. The largest absolute Gasteiger partial charge is 0.298 e. The Morgan fingerprint density at radius 3 is 2.84 bits per heavy atom. The van der Waals surface area contributed by atoms with E-state index in [0.29, 0.717) is 28.0 Å². The number of benzene rings is 2. The molecule has 0 fully saturated rings. The van der Waals surface area contributed by atoms with Crippen LogP contribution in [-0.2, 0) is 6.42 Å². The van der Waals surface area contributed by atoms with Crippen LogP contribution >= 0.6 is 11.6 Å². The van der Waals surface area contributed by atoms with E-state index in [4.69, 9.17) is 11.6 Å². The maximum absolute atomic E-state index is 13.5. The van der Waals surface area contributed by atoms with Crippen molar-refractivity contribution in [2.24, 2.45) is 0 Å². The molecule has 0 radical (unpaired) electrons. The van der Waals surface area contributed by atoms with E-state index in [9.17, 15) is 9.65 Å². The van der Waals surface area contributed by atoms with Gasteiger partial charge in [-0.25, -0.2) is 9.37 Å². The lowest BCUT2D eigenvalue weighted by Gasteiger charge is -2.12. The Bertz CT molecular complexity index is 1170. The summed E-state index contributed by atoms with van der Waals surface area (Å²) in [4.78, 5) is 4.57. The molecule has 0 atom stereocenters. The maximum atomic E-state index is 13.5. The van der Waals surface area contributed by atoms with Crippen LogP contribution in [0.25, 0.3) is 16.7 Å². The van der Waals surface area contributed by atoms with Crippen LogP contribution in [0.15, 0.2) is 48.7 Å². The maximum Gasteiger partial charge on any atom is 0.138 e. The van der Waals surface area contributed by atoms with Gasteiger partial charge in [-0.05, 0) is 54.3 Å². The fraction of sp³-hybridized carbons (Fsp3) is 0.100. The lowest BCUT2D eigenvalue weighted by atomic mass is 9.95. The first kappa shape index (κ1) is 15.6. The molecule has 0 unspecified atom stereocenters. The molecule has 0 N–H and O–H groups in total. The van der Waals surface area contributed by atoms with Gasteiger partial charge in [0.2, 0.25) is 0 Å². The highest BCUT2D eigenvalue weighted by atomic mass is 35.5. The predicted octanol–water partition coefficient (Wildman–Crippen LogP) is 5.05. The Labute approximate surface area is 148 Å². The van der Waals surface area contributed by atoms with Crippen molar-refractivity contribution in [2.75, 3.05) is 0 Å². The van der Waals surface area contributed by atoms with E-state index >= 15 is 0 Å². The zero-order chi connectivity index (χ0) is 17.6. The summed E-state index contributed by atoms with van der Waals surface area (Å²) < 4.78 is 15.4. The number of imidazole rings is 1. The van der Waals surface area contributed by atoms with Crippen molar-refractivity contribution in [3.05, 3.63) is 81.8 Å². The van der Waals surface area contributed by atoms with Crippen LogP contribution in [0.3, 0.4) is 0 Å². The van der Waals surface area contributed by atoms with E-state index in [1.165, 1.54) is 12.1 Å². The van der Waals surface area contributed by atoms with Crippen molar-refractivity contribution < 1.29 is 4.39 Å². The second-order valence-corrected chi connectivity index (χ2v) is 6.33. The fourth-order valence-electron chi connectivity index (χ4n) is 3.21. The third-order valence-corrected chi connectivity index (χ3v) is 4.86. The van der Waals surface area contributed by atoms with Gasteiger partial charge in [0.05, 0.1) is 16.1 Å². The summed E-state index contributed by atoms with van der Waals surface area (Å²) in [5.41, 5.74) is 4.97. The summed E-state index contributed by atoms with van der Waals surface area (Å²) in [6, 6.07) is 14.3. The Hall–Kier alpha value is -2.90. The molecule has 25 heavy (non-hydrogen) atoms. The Balaban J connectivity index is 2.04. The van der Waals surface area contributed by atoms with Gasteiger partial charge in [0.1, 0.15) is 23.1 Å². The normalized spacial score (nSPS) is 11.1. The Kier molecular flexibility index (Phi) is 3.67. The number of halogens is 2. The van der Waals surface area contributed by atoms with Gasteiger partial charge < -0.3 is 0 Å². The quantitative estimate of drug-likeness (QED) is 0.508. The van der Waals surface area contributed by atoms with E-state index in [1.54, 1.807) is 6.07 Å². The molecule has 0 aliphatic rings. The molecule has 2 aromatic heterocycles. The number of nitriles is 1. The molecule has 0 saturated heterocycles. The van der Waals surface area contributed by atoms with Crippen LogP contribution in [0.5, 0.6) is 0 Å². The first-order chi connectivity index (χ1) is 12.1. The van der Waals surface area contributed by atoms with Crippen LogP contribution in [-0.4, -0.2) is 9.38 Å². The van der Waals surface area contributed by atoms with Crippen LogP contribution < -0.4 is 0 Å². The van der Waals surface area contributed by atoms with Crippen molar-refractivity contribution in [3.63, 3.8) is 0 Å². The number of fused-ring (bicyclic) bond motifs is 3. The zero-order valence-electron chi connectivity index (χ0n) is 13.4. The molecular weight excluding hydrogens is 337 g/mol. The van der Waals surface area contributed by atoms with E-state index in [2.05, 4.69) is 11.1 Å². The third-order valence-electron chi connectivity index (χ3n) is 4.45. The molecule has 4 rings (SSSR count). The minimum Gasteiger partial charge on any atom is -0.298 e. The third kappa shape index (κ3) is 2.45. The smallest absolute Gasteiger partial charge is 0.138 e. The minimum atomic E-state index is -0.289. The van der Waals surface area contributed by atoms with Crippen molar-refractivity contribution in [3.8, 4) is 6.07 Å². The van der Waals surface area contributed by atoms with Gasteiger partial charge in [-0.3, -0.25) is 4.40 Å². The number of pyridine rings is 1. The highest BCUT2D eigenvalue weighted by Crippen LogP contribution is 2.35. The van der Waals surface area contributed by atoms with Crippen LogP contribution in [0.4, 0.5) is 4.39 Å². The Morgan fingerprint density at radius 2 is 2.08 bits per heavy atom. The average Bonchev–Trinajstić information content (AvgIpc) is 2.98. The van der Waals surface area contributed by atoms with E-state index in [1.807, 2.05) is 41.8 Å². The lowest BCUT2D eigenvalue weighted by Crippen LogP contribution is -1.99. The topological polar surface area (TPSA) is 41.1 Å². The van der Waals surface area contributed by atoms with Crippen molar-refractivity contribution in [1.82, 2.24) is 9.38 Å². The number of nitrogens with zero attached hydrogens (tertiary/aromatic N) is 3. The van der Waals surface area contributed by atoms with Crippen molar-refractivity contribution in [2.45, 2.75) is 13.3 Å². The van der Waals surface area contributed by atoms with Crippen molar-refractivity contribution in [1.29, 1.82) is 5.26 Å². The second kappa shape index (κ2) is 5.87. The van der Waals surface area contributed by atoms with Gasteiger partial charge in [-0.1, -0.05) is 29.8 Å². The predicted molar refractivity (Wildman–Crippen MR) is 96.4 cm³/mol. The Morgan fingerprint density at radius 1 is 1.24 bits per heavy atom. The molecule has 4 aromatic rings. The number of hydrogen-bond donors (Lipinski definition) is 0. The van der Waals surface area contributed by atoms with Gasteiger partial charge >= 0.3 is 0 Å². The molecule has 122 valence electrons. The number of rotatable bonds is 2. The molecule has 0 aliphatic carbocycles. The fourth-order valence-corrected chi connectivity index (χ4v) is 3.60. The molecule has 0 bridgehead atoms. The molecule has 0 amide bonds. The highest BCUT2D eigenvalue weighted by Gasteiger charge is 2.20. The highest BCUT2D eigenvalue weighted by molar-refractivity contribution is 6.36. The second-order valence-electron chi connectivity index (χ2n) is 5.95. The van der Waals surface area contributed by atoms with Gasteiger partial charge in [-0.2, -0.15) is 5.26 Å². The summed E-state index contributed by atoms with van der Waals surface area (Å²) >= 11 is 6.72. The summed E-state index contributed by atoms with van der Waals surface area (Å²) in [5, 5.41) is 10.2. The minimum absolute atomic E-state index is 0.289. The average molecular weight is 350 g/mol. The van der Waals surface area contributed by atoms with Gasteiger partial charge in [-0.15, -0.1) is 0 Å². The number of aromatic nitrogens is 2. The molecule has 2 aromatic carbocycles. The van der Waals surface area contributed by atoms with Gasteiger partial charge in [0.15, 0.2) is 0 Å². The molecule has 0 aliphatic heterocycles. The van der Waals surface area contributed by atoms with Gasteiger partial charge in [0, 0.05) is 6.20 Å². The van der Waals surface area contributed by atoms with E-state index in [-0.39, 0.29) is 5.82 Å². The van der Waals surface area contributed by atoms with Crippen LogP contribution in [0, 0.1) is 24.1 Å². The first-order valence-electron chi connectivity index (χ1n) is 7.82. The first-order valence-corrected chi connectivity index (χ1v) is 8.20. The molecule has 2 heterocycles. The number of hydrogen-bond acceptors (Lipinski definition) is 2. The summed E-state index contributed by atoms with van der Waals surface area (Å²) in [7, 11) is 0. The molecule has 5 heteroatoms. The summed E-state index contributed by atoms with van der Waals surface area (Å²) in [6.07, 6.45) is 2.33. The standard InChI is InChI=1S/C20H13ClFN3/c1-12-15(10-13-5-4-6-14(22)9-13)18(21)20-19(16(12)11-23)24-17-7-2-3-8-25(17)20/h2-9H,10H2,1H3. The molecule has 0 spiro atoms. The molecular formula is C20H13ClFN3. The van der Waals surface area contributed by atoms with E-state index in [0.717, 1.165) is 22.3 Å². The molecule has 3 nitrogen and oxygen atoms in total. The molecule has 0 saturated carbocycles. The van der Waals surface area contributed by atoms with Gasteiger partial charge in [0.25, 0.3) is 0 Å². The van der Waals surface area contributed by atoms with E-state index < -0.39 is 0 Å². The van der Waals surface area contributed by atoms with Crippen LogP contribution in [0.1, 0.15) is 22.3 Å². The van der Waals surface area contributed by atoms with Crippen molar-refractivity contribution >= 4 is 28.3 Å². The summed E-state index contributed by atoms with van der Waals surface area (Å²) in [5.74, 6) is -0.289. The van der Waals surface area contributed by atoms with Crippen LogP contribution in [0.2, 0.25) is 5.02 Å². The zero-order valence-corrected chi connectivity index (χ0v) is 14.2.